The predicted molar refractivity (Wildman–Crippen MR) is 77.1 cm³/mol. The first kappa shape index (κ1) is 12.7. The zero-order valence-electron chi connectivity index (χ0n) is 11.5. The Bertz CT molecular complexity index is 548. The lowest BCUT2D eigenvalue weighted by Crippen LogP contribution is -1.96. The summed E-state index contributed by atoms with van der Waals surface area (Å²) in [6, 6.07) is 12.1. The topological polar surface area (TPSA) is 20.2 Å². The molecule has 0 unspecified atom stereocenters. The van der Waals surface area contributed by atoms with Gasteiger partial charge < -0.3 is 5.11 Å². The summed E-state index contributed by atoms with van der Waals surface area (Å²) in [5.41, 5.74) is 5.94. The van der Waals surface area contributed by atoms with Crippen LogP contribution in [0.5, 0.6) is 5.75 Å². The van der Waals surface area contributed by atoms with Crippen LogP contribution in [0.3, 0.4) is 0 Å². The summed E-state index contributed by atoms with van der Waals surface area (Å²) in [7, 11) is 0. The average Bonchev–Trinajstić information content (AvgIpc) is 2.28. The second kappa shape index (κ2) is 4.85. The Labute approximate surface area is 109 Å². The van der Waals surface area contributed by atoms with Crippen LogP contribution in [0.25, 0.3) is 11.1 Å². The van der Waals surface area contributed by atoms with Crippen LogP contribution in [0.1, 0.15) is 36.5 Å². The lowest BCUT2D eigenvalue weighted by molar-refractivity contribution is 0.465. The molecule has 0 atom stereocenters. The summed E-state index contributed by atoms with van der Waals surface area (Å²) in [5.74, 6) is 0.699. The predicted octanol–water partition coefficient (Wildman–Crippen LogP) is 4.80. The monoisotopic (exact) mass is 240 g/mol. The third kappa shape index (κ3) is 2.13. The van der Waals surface area contributed by atoms with Crippen LogP contribution in [-0.2, 0) is 0 Å². The van der Waals surface area contributed by atoms with Gasteiger partial charge in [-0.3, -0.25) is 0 Å². The van der Waals surface area contributed by atoms with Crippen molar-refractivity contribution in [2.24, 2.45) is 0 Å². The molecule has 2 aromatic carbocycles. The summed E-state index contributed by atoms with van der Waals surface area (Å²) >= 11 is 0. The fraction of sp³-hybridized carbons (Fsp3) is 0.294. The van der Waals surface area contributed by atoms with Gasteiger partial charge in [-0.15, -0.1) is 0 Å². The number of benzene rings is 2. The van der Waals surface area contributed by atoms with Crippen molar-refractivity contribution >= 4 is 0 Å². The van der Waals surface area contributed by atoms with Gasteiger partial charge >= 0.3 is 0 Å². The van der Waals surface area contributed by atoms with Crippen molar-refractivity contribution in [2.75, 3.05) is 0 Å². The van der Waals surface area contributed by atoms with Gasteiger partial charge in [-0.05, 0) is 48.1 Å². The first-order valence-electron chi connectivity index (χ1n) is 6.41. The summed E-state index contributed by atoms with van der Waals surface area (Å²) in [4.78, 5) is 0. The van der Waals surface area contributed by atoms with Crippen LogP contribution in [0.2, 0.25) is 0 Å². The SMILES string of the molecule is Cc1cccc(C)c1-c1cccc(O)c1C(C)C. The Hall–Kier alpha value is -1.76. The van der Waals surface area contributed by atoms with Crippen LogP contribution in [0.4, 0.5) is 0 Å². The highest BCUT2D eigenvalue weighted by Crippen LogP contribution is 2.38. The molecule has 18 heavy (non-hydrogen) atoms. The number of rotatable bonds is 2. The molecule has 94 valence electrons. The molecule has 2 rings (SSSR count). The van der Waals surface area contributed by atoms with Crippen LogP contribution in [0, 0.1) is 13.8 Å². The molecule has 0 bridgehead atoms. The molecule has 0 aliphatic heterocycles. The van der Waals surface area contributed by atoms with Crippen LogP contribution < -0.4 is 0 Å². The van der Waals surface area contributed by atoms with Crippen LogP contribution in [-0.4, -0.2) is 5.11 Å². The Balaban J connectivity index is 2.76. The van der Waals surface area contributed by atoms with Gasteiger partial charge in [0, 0.05) is 5.56 Å². The summed E-state index contributed by atoms with van der Waals surface area (Å²) in [6.45, 7) is 8.48. The first-order valence-corrected chi connectivity index (χ1v) is 6.41. The second-order valence-corrected chi connectivity index (χ2v) is 5.16. The van der Waals surface area contributed by atoms with Gasteiger partial charge in [-0.25, -0.2) is 0 Å². The minimum atomic E-state index is 0.306. The fourth-order valence-electron chi connectivity index (χ4n) is 2.62. The number of hydrogen-bond donors (Lipinski definition) is 1. The van der Waals surface area contributed by atoms with Crippen molar-refractivity contribution in [2.45, 2.75) is 33.6 Å². The summed E-state index contributed by atoms with van der Waals surface area (Å²) in [6.07, 6.45) is 0. The van der Waals surface area contributed by atoms with Crippen molar-refractivity contribution in [3.8, 4) is 16.9 Å². The molecular weight excluding hydrogens is 220 g/mol. The molecule has 0 fully saturated rings. The Kier molecular flexibility index (Phi) is 3.42. The lowest BCUT2D eigenvalue weighted by Gasteiger charge is -2.18. The fourth-order valence-corrected chi connectivity index (χ4v) is 2.62. The van der Waals surface area contributed by atoms with E-state index in [1.54, 1.807) is 6.07 Å². The molecule has 0 aliphatic carbocycles. The molecule has 0 spiro atoms. The number of aryl methyl sites for hydroxylation is 2. The number of hydrogen-bond acceptors (Lipinski definition) is 1. The number of aromatic hydroxyl groups is 1. The highest BCUT2D eigenvalue weighted by Gasteiger charge is 2.15. The van der Waals surface area contributed by atoms with E-state index >= 15 is 0 Å². The zero-order chi connectivity index (χ0) is 13.3. The molecule has 0 saturated heterocycles. The van der Waals surface area contributed by atoms with Gasteiger partial charge in [0.2, 0.25) is 0 Å². The van der Waals surface area contributed by atoms with Crippen molar-refractivity contribution < 1.29 is 5.11 Å². The van der Waals surface area contributed by atoms with Crippen molar-refractivity contribution in [3.63, 3.8) is 0 Å². The molecule has 1 N–H and O–H groups in total. The highest BCUT2D eigenvalue weighted by atomic mass is 16.3. The van der Waals surface area contributed by atoms with E-state index in [1.165, 1.54) is 16.7 Å². The van der Waals surface area contributed by atoms with E-state index in [4.69, 9.17) is 0 Å². The van der Waals surface area contributed by atoms with E-state index in [9.17, 15) is 5.11 Å². The molecule has 0 aliphatic rings. The molecule has 1 heteroatoms. The highest BCUT2D eigenvalue weighted by molar-refractivity contribution is 5.76. The molecular formula is C17H20O. The number of phenols is 1. The van der Waals surface area contributed by atoms with Gasteiger partial charge in [0.25, 0.3) is 0 Å². The molecule has 1 nitrogen and oxygen atoms in total. The quantitative estimate of drug-likeness (QED) is 0.799. The van der Waals surface area contributed by atoms with Crippen molar-refractivity contribution in [1.29, 1.82) is 0 Å². The standard InChI is InChI=1S/C17H20O/c1-11(2)16-14(9-6-10-15(16)18)17-12(3)7-5-8-13(17)4/h5-11,18H,1-4H3. The molecule has 0 aromatic heterocycles. The van der Waals surface area contributed by atoms with E-state index in [0.29, 0.717) is 11.7 Å². The van der Waals surface area contributed by atoms with E-state index < -0.39 is 0 Å². The first-order chi connectivity index (χ1) is 8.52. The minimum absolute atomic E-state index is 0.306. The largest absolute Gasteiger partial charge is 0.508 e. The van der Waals surface area contributed by atoms with Gasteiger partial charge in [-0.1, -0.05) is 44.2 Å². The normalized spacial score (nSPS) is 10.9. The smallest absolute Gasteiger partial charge is 0.119 e. The van der Waals surface area contributed by atoms with Crippen molar-refractivity contribution in [1.82, 2.24) is 0 Å². The van der Waals surface area contributed by atoms with Gasteiger partial charge in [0.1, 0.15) is 5.75 Å². The lowest BCUT2D eigenvalue weighted by atomic mass is 9.87. The van der Waals surface area contributed by atoms with Crippen LogP contribution >= 0.6 is 0 Å². The molecule has 0 radical (unpaired) electrons. The van der Waals surface area contributed by atoms with E-state index in [0.717, 1.165) is 11.1 Å². The Morgan fingerprint density at radius 1 is 0.889 bits per heavy atom. The molecule has 0 amide bonds. The number of phenolic OH excluding ortho intramolecular Hbond substituents is 1. The Morgan fingerprint density at radius 3 is 2.00 bits per heavy atom. The minimum Gasteiger partial charge on any atom is -0.508 e. The Morgan fingerprint density at radius 2 is 1.44 bits per heavy atom. The third-order valence-electron chi connectivity index (χ3n) is 3.41. The van der Waals surface area contributed by atoms with Gasteiger partial charge in [0.05, 0.1) is 0 Å². The van der Waals surface area contributed by atoms with Crippen LogP contribution in [0.15, 0.2) is 36.4 Å². The third-order valence-corrected chi connectivity index (χ3v) is 3.41. The average molecular weight is 240 g/mol. The van der Waals surface area contributed by atoms with Gasteiger partial charge in [0.15, 0.2) is 0 Å². The van der Waals surface area contributed by atoms with Crippen molar-refractivity contribution in [3.05, 3.63) is 53.1 Å². The maximum Gasteiger partial charge on any atom is 0.119 e. The van der Waals surface area contributed by atoms with Gasteiger partial charge in [-0.2, -0.15) is 0 Å². The van der Waals surface area contributed by atoms with E-state index in [1.807, 2.05) is 6.07 Å². The summed E-state index contributed by atoms with van der Waals surface area (Å²) in [5, 5.41) is 10.1. The molecule has 2 aromatic rings. The second-order valence-electron chi connectivity index (χ2n) is 5.16. The molecule has 0 heterocycles. The summed E-state index contributed by atoms with van der Waals surface area (Å²) < 4.78 is 0. The maximum absolute atomic E-state index is 10.1. The molecule has 0 saturated carbocycles. The maximum atomic E-state index is 10.1. The zero-order valence-corrected chi connectivity index (χ0v) is 11.5. The van der Waals surface area contributed by atoms with E-state index in [2.05, 4.69) is 52.0 Å². The van der Waals surface area contributed by atoms with E-state index in [-0.39, 0.29) is 0 Å².